The molecule has 1 aliphatic heterocycles. The van der Waals surface area contributed by atoms with Crippen LogP contribution in [0, 0.1) is 13.8 Å². The van der Waals surface area contributed by atoms with Gasteiger partial charge in [0.05, 0.1) is 6.61 Å². The zero-order chi connectivity index (χ0) is 20.8. The third-order valence-corrected chi connectivity index (χ3v) is 5.11. The van der Waals surface area contributed by atoms with Crippen LogP contribution < -0.4 is 10.6 Å². The molecule has 0 spiro atoms. The molecule has 0 unspecified atom stereocenters. The number of hydrogen-bond donors (Lipinski definition) is 2. The fourth-order valence-electron chi connectivity index (χ4n) is 3.47. The molecule has 2 N–H and O–H groups in total. The van der Waals surface area contributed by atoms with Gasteiger partial charge in [-0.1, -0.05) is 18.2 Å². The van der Waals surface area contributed by atoms with Gasteiger partial charge in [0.1, 0.15) is 5.82 Å². The Labute approximate surface area is 171 Å². The number of hydrogen-bond acceptors (Lipinski definition) is 5. The van der Waals surface area contributed by atoms with Crippen LogP contribution in [0.4, 0.5) is 16.3 Å². The number of carbonyl (C=O) groups excluding carboxylic acids is 2. The normalized spacial score (nSPS) is 14.4. The molecule has 0 atom stereocenters. The van der Waals surface area contributed by atoms with E-state index >= 15 is 0 Å². The molecule has 1 saturated heterocycles. The minimum Gasteiger partial charge on any atom is -0.450 e. The maximum absolute atomic E-state index is 12.7. The second-order valence-corrected chi connectivity index (χ2v) is 7.26. The van der Waals surface area contributed by atoms with Gasteiger partial charge in [-0.2, -0.15) is 0 Å². The van der Waals surface area contributed by atoms with Crippen LogP contribution in [0.1, 0.15) is 41.3 Å². The third-order valence-electron chi connectivity index (χ3n) is 5.11. The molecule has 0 saturated carbocycles. The van der Waals surface area contributed by atoms with Crippen LogP contribution in [0.5, 0.6) is 0 Å². The number of rotatable bonds is 5. The van der Waals surface area contributed by atoms with E-state index in [1.54, 1.807) is 30.2 Å². The second kappa shape index (κ2) is 9.41. The lowest BCUT2D eigenvalue weighted by Gasteiger charge is -2.31. The highest BCUT2D eigenvalue weighted by Gasteiger charge is 2.24. The molecule has 2 amide bonds. The van der Waals surface area contributed by atoms with Gasteiger partial charge in [-0.3, -0.25) is 4.79 Å². The number of likely N-dealkylation sites (tertiary alicyclic amines) is 1. The number of nitrogens with zero attached hydrogens (tertiary/aromatic N) is 2. The van der Waals surface area contributed by atoms with Gasteiger partial charge < -0.3 is 20.3 Å². The van der Waals surface area contributed by atoms with Crippen LogP contribution >= 0.6 is 0 Å². The molecule has 154 valence electrons. The van der Waals surface area contributed by atoms with E-state index < -0.39 is 0 Å². The first kappa shape index (κ1) is 20.6. The summed E-state index contributed by atoms with van der Waals surface area (Å²) in [5.74, 6) is 0.499. The first-order chi connectivity index (χ1) is 14.0. The number of benzene rings is 1. The van der Waals surface area contributed by atoms with Crippen LogP contribution in [0.15, 0.2) is 36.5 Å². The number of carbonyl (C=O) groups is 2. The monoisotopic (exact) mass is 396 g/mol. The number of amides is 2. The lowest BCUT2D eigenvalue weighted by atomic mass is 10.0. The molecule has 7 nitrogen and oxygen atoms in total. The van der Waals surface area contributed by atoms with E-state index in [2.05, 4.69) is 15.6 Å². The number of aromatic nitrogens is 1. The van der Waals surface area contributed by atoms with Crippen molar-refractivity contribution in [2.24, 2.45) is 0 Å². The van der Waals surface area contributed by atoms with Gasteiger partial charge in [0, 0.05) is 36.6 Å². The number of anilines is 2. The number of ether oxygens (including phenoxy) is 1. The van der Waals surface area contributed by atoms with E-state index in [-0.39, 0.29) is 18.0 Å². The highest BCUT2D eigenvalue weighted by Crippen LogP contribution is 2.23. The summed E-state index contributed by atoms with van der Waals surface area (Å²) in [6.07, 6.45) is 2.77. The Hall–Kier alpha value is -3.09. The number of nitrogens with one attached hydrogen (secondary N) is 2. The van der Waals surface area contributed by atoms with Crippen LogP contribution in [0.2, 0.25) is 0 Å². The lowest BCUT2D eigenvalue weighted by molar-refractivity contribution is 0.0860. The van der Waals surface area contributed by atoms with Crippen LogP contribution in [-0.4, -0.2) is 47.6 Å². The Morgan fingerprint density at radius 3 is 2.52 bits per heavy atom. The third kappa shape index (κ3) is 5.25. The second-order valence-electron chi connectivity index (χ2n) is 7.26. The van der Waals surface area contributed by atoms with Gasteiger partial charge in [-0.25, -0.2) is 9.78 Å². The average molecular weight is 396 g/mol. The van der Waals surface area contributed by atoms with Crippen molar-refractivity contribution >= 4 is 23.5 Å². The van der Waals surface area contributed by atoms with Crippen LogP contribution in [0.25, 0.3) is 0 Å². The van der Waals surface area contributed by atoms with E-state index in [0.717, 1.165) is 16.8 Å². The highest BCUT2D eigenvalue weighted by atomic mass is 16.6. The Balaban J connectivity index is 1.60. The molecule has 7 heteroatoms. The Morgan fingerprint density at radius 1 is 1.17 bits per heavy atom. The fourth-order valence-corrected chi connectivity index (χ4v) is 3.47. The van der Waals surface area contributed by atoms with Crippen molar-refractivity contribution in [1.82, 2.24) is 15.2 Å². The van der Waals surface area contributed by atoms with Crippen molar-refractivity contribution in [2.75, 3.05) is 25.0 Å². The van der Waals surface area contributed by atoms with Gasteiger partial charge in [-0.05, 0) is 56.9 Å². The van der Waals surface area contributed by atoms with Gasteiger partial charge >= 0.3 is 6.09 Å². The SMILES string of the molecule is CCOC(=O)N1CCC(NC(=O)c2ccnc(Nc3c(C)cccc3C)c2)CC1. The quantitative estimate of drug-likeness (QED) is 0.803. The summed E-state index contributed by atoms with van der Waals surface area (Å²) in [4.78, 5) is 30.5. The molecule has 0 radical (unpaired) electrons. The maximum atomic E-state index is 12.7. The molecule has 1 aliphatic rings. The van der Waals surface area contributed by atoms with Crippen LogP contribution in [-0.2, 0) is 4.74 Å². The predicted octanol–water partition coefficient (Wildman–Crippen LogP) is 3.79. The summed E-state index contributed by atoms with van der Waals surface area (Å²) in [5.41, 5.74) is 3.80. The van der Waals surface area contributed by atoms with E-state index in [4.69, 9.17) is 4.74 Å². The van der Waals surface area contributed by atoms with E-state index in [1.807, 2.05) is 32.0 Å². The fraction of sp³-hybridized carbons (Fsp3) is 0.409. The zero-order valence-electron chi connectivity index (χ0n) is 17.2. The van der Waals surface area contributed by atoms with E-state index in [0.29, 0.717) is 43.9 Å². The minimum atomic E-state index is -0.284. The van der Waals surface area contributed by atoms with Crippen molar-refractivity contribution in [3.8, 4) is 0 Å². The number of piperidine rings is 1. The summed E-state index contributed by atoms with van der Waals surface area (Å²) in [6.45, 7) is 7.40. The van der Waals surface area contributed by atoms with Crippen molar-refractivity contribution in [1.29, 1.82) is 0 Å². The molecule has 29 heavy (non-hydrogen) atoms. The molecule has 0 aliphatic carbocycles. The molecule has 0 bridgehead atoms. The summed E-state index contributed by atoms with van der Waals surface area (Å²) in [6, 6.07) is 9.59. The first-order valence-electron chi connectivity index (χ1n) is 9.99. The lowest BCUT2D eigenvalue weighted by Crippen LogP contribution is -2.46. The molecule has 2 heterocycles. The van der Waals surface area contributed by atoms with Gasteiger partial charge in [0.2, 0.25) is 0 Å². The number of para-hydroxylation sites is 1. The molecular weight excluding hydrogens is 368 g/mol. The maximum Gasteiger partial charge on any atom is 0.409 e. The molecule has 2 aromatic rings. The number of aryl methyl sites for hydroxylation is 2. The number of pyridine rings is 1. The molecule has 1 aromatic heterocycles. The van der Waals surface area contributed by atoms with Crippen molar-refractivity contribution in [3.63, 3.8) is 0 Å². The molecule has 1 aromatic carbocycles. The Kier molecular flexibility index (Phi) is 6.69. The molecule has 3 rings (SSSR count). The van der Waals surface area contributed by atoms with E-state index in [9.17, 15) is 9.59 Å². The minimum absolute atomic E-state index is 0.0383. The van der Waals surface area contributed by atoms with Gasteiger partial charge in [0.25, 0.3) is 5.91 Å². The Bertz CT molecular complexity index is 856. The largest absolute Gasteiger partial charge is 0.450 e. The topological polar surface area (TPSA) is 83.6 Å². The van der Waals surface area contributed by atoms with Crippen molar-refractivity contribution in [3.05, 3.63) is 53.2 Å². The van der Waals surface area contributed by atoms with Crippen LogP contribution in [0.3, 0.4) is 0 Å². The first-order valence-corrected chi connectivity index (χ1v) is 9.99. The summed E-state index contributed by atoms with van der Waals surface area (Å²) in [5, 5.41) is 6.39. The zero-order valence-corrected chi connectivity index (χ0v) is 17.2. The van der Waals surface area contributed by atoms with Gasteiger partial charge in [0.15, 0.2) is 0 Å². The highest BCUT2D eigenvalue weighted by molar-refractivity contribution is 5.95. The van der Waals surface area contributed by atoms with E-state index in [1.165, 1.54) is 0 Å². The van der Waals surface area contributed by atoms with Crippen molar-refractivity contribution in [2.45, 2.75) is 39.7 Å². The van der Waals surface area contributed by atoms with Crippen molar-refractivity contribution < 1.29 is 14.3 Å². The van der Waals surface area contributed by atoms with Gasteiger partial charge in [-0.15, -0.1) is 0 Å². The Morgan fingerprint density at radius 2 is 1.86 bits per heavy atom. The average Bonchev–Trinajstić information content (AvgIpc) is 2.72. The standard InChI is InChI=1S/C22H28N4O3/c1-4-29-22(28)26-12-9-18(10-13-26)24-21(27)17-8-11-23-19(14-17)25-20-15(2)6-5-7-16(20)3/h5-8,11,14,18H,4,9-10,12-13H2,1-3H3,(H,23,25)(H,24,27). The smallest absolute Gasteiger partial charge is 0.409 e. The molecule has 1 fully saturated rings. The summed E-state index contributed by atoms with van der Waals surface area (Å²) in [7, 11) is 0. The predicted molar refractivity (Wildman–Crippen MR) is 113 cm³/mol. The summed E-state index contributed by atoms with van der Waals surface area (Å²) >= 11 is 0. The summed E-state index contributed by atoms with van der Waals surface area (Å²) < 4.78 is 5.03. The molecular formula is C22H28N4O3.